The van der Waals surface area contributed by atoms with Crippen molar-refractivity contribution in [2.75, 3.05) is 26.2 Å². The van der Waals surface area contributed by atoms with Crippen LogP contribution in [0.5, 0.6) is 0 Å². The summed E-state index contributed by atoms with van der Waals surface area (Å²) in [5, 5.41) is 6.39. The van der Waals surface area contributed by atoms with Crippen molar-refractivity contribution in [1.29, 1.82) is 0 Å². The van der Waals surface area contributed by atoms with E-state index in [4.69, 9.17) is 4.74 Å². The zero-order chi connectivity index (χ0) is 18.1. The zero-order valence-electron chi connectivity index (χ0n) is 14.9. The van der Waals surface area contributed by atoms with Gasteiger partial charge in [-0.1, -0.05) is 12.1 Å². The Kier molecular flexibility index (Phi) is 10.3. The van der Waals surface area contributed by atoms with Crippen LogP contribution < -0.4 is 10.6 Å². The van der Waals surface area contributed by atoms with Crippen molar-refractivity contribution >= 4 is 29.9 Å². The molecule has 2 rings (SSSR count). The van der Waals surface area contributed by atoms with Gasteiger partial charge in [0.25, 0.3) is 0 Å². The Labute approximate surface area is 170 Å². The van der Waals surface area contributed by atoms with Crippen LogP contribution >= 0.6 is 24.0 Å². The summed E-state index contributed by atoms with van der Waals surface area (Å²) in [6.45, 7) is 4.90. The number of hydrogen-bond acceptors (Lipinski definition) is 2. The zero-order valence-corrected chi connectivity index (χ0v) is 17.3. The second-order valence-corrected chi connectivity index (χ2v) is 6.06. The Bertz CT molecular complexity index is 544. The van der Waals surface area contributed by atoms with E-state index in [1.165, 1.54) is 12.1 Å². The lowest BCUT2D eigenvalue weighted by Crippen LogP contribution is -2.38. The Morgan fingerprint density at radius 1 is 1.23 bits per heavy atom. The second kappa shape index (κ2) is 11.6. The lowest BCUT2D eigenvalue weighted by Gasteiger charge is -2.13. The Morgan fingerprint density at radius 2 is 1.96 bits per heavy atom. The molecule has 1 fully saturated rings. The number of benzene rings is 1. The van der Waals surface area contributed by atoms with Crippen molar-refractivity contribution in [1.82, 2.24) is 10.6 Å². The molecule has 26 heavy (non-hydrogen) atoms. The second-order valence-electron chi connectivity index (χ2n) is 6.06. The number of aliphatic imine (C=N–C) groups is 1. The van der Waals surface area contributed by atoms with E-state index in [9.17, 15) is 13.2 Å². The van der Waals surface area contributed by atoms with E-state index < -0.39 is 11.7 Å². The van der Waals surface area contributed by atoms with Crippen LogP contribution in [-0.4, -0.2) is 38.3 Å². The van der Waals surface area contributed by atoms with Gasteiger partial charge in [0.15, 0.2) is 5.96 Å². The standard InChI is InChI=1S/C18H26F3N3O.HI/c1-2-22-17(24-12-10-16-4-3-13-25-16)23-11-9-14-5-7-15(8-6-14)18(19,20)21;/h5-8,16H,2-4,9-13H2,1H3,(H2,22,23,24);1H. The number of nitrogens with zero attached hydrogens (tertiary/aromatic N) is 1. The van der Waals surface area contributed by atoms with Gasteiger partial charge in [0.05, 0.1) is 11.7 Å². The molecule has 1 saturated heterocycles. The van der Waals surface area contributed by atoms with Crippen molar-refractivity contribution in [2.45, 2.75) is 44.9 Å². The molecule has 2 N–H and O–H groups in total. The summed E-state index contributed by atoms with van der Waals surface area (Å²) in [6, 6.07) is 5.28. The summed E-state index contributed by atoms with van der Waals surface area (Å²) in [6.07, 6.45) is -0.194. The molecule has 1 heterocycles. The molecule has 1 atom stereocenters. The molecular formula is C18H27F3IN3O. The van der Waals surface area contributed by atoms with Crippen LogP contribution in [0.25, 0.3) is 0 Å². The van der Waals surface area contributed by atoms with Crippen LogP contribution in [0.3, 0.4) is 0 Å². The van der Waals surface area contributed by atoms with Gasteiger partial charge in [-0.3, -0.25) is 4.99 Å². The number of halogens is 4. The van der Waals surface area contributed by atoms with Gasteiger partial charge < -0.3 is 15.4 Å². The first-order chi connectivity index (χ1) is 12.0. The molecule has 0 aliphatic carbocycles. The molecule has 4 nitrogen and oxygen atoms in total. The van der Waals surface area contributed by atoms with Crippen molar-refractivity contribution in [3.05, 3.63) is 35.4 Å². The summed E-state index contributed by atoms with van der Waals surface area (Å²) >= 11 is 0. The van der Waals surface area contributed by atoms with Crippen molar-refractivity contribution < 1.29 is 17.9 Å². The first-order valence-corrected chi connectivity index (χ1v) is 8.79. The Hall–Kier alpha value is -1.03. The minimum Gasteiger partial charge on any atom is -0.378 e. The molecule has 1 aliphatic rings. The molecule has 8 heteroatoms. The predicted octanol–water partition coefficient (Wildman–Crippen LogP) is 3.99. The van der Waals surface area contributed by atoms with E-state index >= 15 is 0 Å². The molecule has 1 unspecified atom stereocenters. The number of rotatable bonds is 7. The minimum atomic E-state index is -4.29. The first-order valence-electron chi connectivity index (χ1n) is 8.79. The molecule has 0 radical (unpaired) electrons. The van der Waals surface area contributed by atoms with E-state index in [1.54, 1.807) is 0 Å². The monoisotopic (exact) mass is 485 g/mol. The highest BCUT2D eigenvalue weighted by Crippen LogP contribution is 2.29. The summed E-state index contributed by atoms with van der Waals surface area (Å²) in [5.41, 5.74) is 0.240. The topological polar surface area (TPSA) is 45.7 Å². The van der Waals surface area contributed by atoms with Crippen molar-refractivity contribution in [3.63, 3.8) is 0 Å². The molecular weight excluding hydrogens is 458 g/mol. The van der Waals surface area contributed by atoms with Crippen LogP contribution in [0.4, 0.5) is 13.2 Å². The highest BCUT2D eigenvalue weighted by molar-refractivity contribution is 14.0. The quantitative estimate of drug-likeness (QED) is 0.349. The molecule has 0 bridgehead atoms. The van der Waals surface area contributed by atoms with Gasteiger partial charge in [0.2, 0.25) is 0 Å². The molecule has 1 aromatic carbocycles. The van der Waals surface area contributed by atoms with Crippen LogP contribution in [0.15, 0.2) is 29.3 Å². The third kappa shape index (κ3) is 8.11. The summed E-state index contributed by atoms with van der Waals surface area (Å²) in [7, 11) is 0. The van der Waals surface area contributed by atoms with Gasteiger partial charge in [-0.05, 0) is 50.3 Å². The van der Waals surface area contributed by atoms with Gasteiger partial charge in [0, 0.05) is 26.2 Å². The van der Waals surface area contributed by atoms with Crippen LogP contribution in [-0.2, 0) is 17.3 Å². The molecule has 148 valence electrons. The predicted molar refractivity (Wildman–Crippen MR) is 108 cm³/mol. The normalized spacial score (nSPS) is 17.7. The maximum absolute atomic E-state index is 12.5. The Morgan fingerprint density at radius 3 is 2.54 bits per heavy atom. The van der Waals surface area contributed by atoms with Gasteiger partial charge in [-0.15, -0.1) is 24.0 Å². The largest absolute Gasteiger partial charge is 0.416 e. The molecule has 1 aliphatic heterocycles. The number of ether oxygens (including phenoxy) is 1. The highest BCUT2D eigenvalue weighted by atomic mass is 127. The number of nitrogens with one attached hydrogen (secondary N) is 2. The molecule has 0 amide bonds. The average molecular weight is 485 g/mol. The molecule has 0 aromatic heterocycles. The molecule has 1 aromatic rings. The molecule has 0 spiro atoms. The molecule has 0 saturated carbocycles. The van der Waals surface area contributed by atoms with Gasteiger partial charge >= 0.3 is 6.18 Å². The van der Waals surface area contributed by atoms with E-state index in [1.807, 2.05) is 6.92 Å². The maximum atomic E-state index is 12.5. The van der Waals surface area contributed by atoms with E-state index in [0.29, 0.717) is 25.6 Å². The Balaban J connectivity index is 0.00000338. The summed E-state index contributed by atoms with van der Waals surface area (Å²) < 4.78 is 43.2. The fourth-order valence-electron chi connectivity index (χ4n) is 2.72. The average Bonchev–Trinajstić information content (AvgIpc) is 3.08. The minimum absolute atomic E-state index is 0. The lowest BCUT2D eigenvalue weighted by atomic mass is 10.1. The van der Waals surface area contributed by atoms with Crippen molar-refractivity contribution in [2.24, 2.45) is 4.99 Å². The van der Waals surface area contributed by atoms with Gasteiger partial charge in [-0.25, -0.2) is 0 Å². The number of alkyl halides is 3. The smallest absolute Gasteiger partial charge is 0.378 e. The van der Waals surface area contributed by atoms with E-state index in [2.05, 4.69) is 15.6 Å². The maximum Gasteiger partial charge on any atom is 0.416 e. The number of hydrogen-bond donors (Lipinski definition) is 2. The van der Waals surface area contributed by atoms with Crippen LogP contribution in [0, 0.1) is 0 Å². The third-order valence-electron chi connectivity index (χ3n) is 4.08. The van der Waals surface area contributed by atoms with E-state index in [0.717, 1.165) is 56.1 Å². The van der Waals surface area contributed by atoms with Gasteiger partial charge in [0.1, 0.15) is 0 Å². The third-order valence-corrected chi connectivity index (χ3v) is 4.08. The van der Waals surface area contributed by atoms with E-state index in [-0.39, 0.29) is 24.0 Å². The van der Waals surface area contributed by atoms with Crippen LogP contribution in [0.1, 0.15) is 37.3 Å². The summed E-state index contributed by atoms with van der Waals surface area (Å²) in [5.74, 6) is 0.729. The summed E-state index contributed by atoms with van der Waals surface area (Å²) in [4.78, 5) is 4.52. The number of guanidine groups is 1. The van der Waals surface area contributed by atoms with Crippen LogP contribution in [0.2, 0.25) is 0 Å². The highest BCUT2D eigenvalue weighted by Gasteiger charge is 2.29. The van der Waals surface area contributed by atoms with Crippen molar-refractivity contribution in [3.8, 4) is 0 Å². The fraction of sp³-hybridized carbons (Fsp3) is 0.611. The first kappa shape index (κ1) is 23.0. The fourth-order valence-corrected chi connectivity index (χ4v) is 2.72. The SMILES string of the molecule is CCNC(=NCCC1CCCO1)NCCc1ccc(C(F)(F)F)cc1.I. The lowest BCUT2D eigenvalue weighted by molar-refractivity contribution is -0.137. The van der Waals surface area contributed by atoms with Gasteiger partial charge in [-0.2, -0.15) is 13.2 Å².